The first-order valence-corrected chi connectivity index (χ1v) is 8.63. The van der Waals surface area contributed by atoms with E-state index in [0.29, 0.717) is 6.54 Å². The number of rotatable bonds is 6. The zero-order valence-corrected chi connectivity index (χ0v) is 15.4. The van der Waals surface area contributed by atoms with Gasteiger partial charge in [-0.2, -0.15) is 5.10 Å². The standard InChI is InChI=1S/C19H18N4O6/c1-29-15-8-11(7-14(17(15)24)23(27)28)9-21-22-19(26)16-13(10-20-18(16)25)12-5-3-2-4-6-12/h2-9,13,16,24H,10H2,1H3,(H,20,25)(H,22,26)/t13-,16-/m1/s1. The summed E-state index contributed by atoms with van der Waals surface area (Å²) in [6, 6.07) is 11.6. The van der Waals surface area contributed by atoms with Crippen LogP contribution in [0, 0.1) is 16.0 Å². The summed E-state index contributed by atoms with van der Waals surface area (Å²) in [5.74, 6) is -2.97. The number of aromatic hydroxyl groups is 1. The second-order valence-corrected chi connectivity index (χ2v) is 6.32. The van der Waals surface area contributed by atoms with E-state index in [2.05, 4.69) is 15.8 Å². The Labute approximate surface area is 165 Å². The summed E-state index contributed by atoms with van der Waals surface area (Å²) in [7, 11) is 1.25. The van der Waals surface area contributed by atoms with Crippen molar-refractivity contribution in [3.63, 3.8) is 0 Å². The molecule has 0 aliphatic carbocycles. The molecule has 29 heavy (non-hydrogen) atoms. The number of carbonyl (C=O) groups excluding carboxylic acids is 2. The fourth-order valence-corrected chi connectivity index (χ4v) is 3.16. The fourth-order valence-electron chi connectivity index (χ4n) is 3.16. The Morgan fingerprint density at radius 1 is 1.38 bits per heavy atom. The molecule has 1 saturated heterocycles. The first kappa shape index (κ1) is 19.8. The summed E-state index contributed by atoms with van der Waals surface area (Å²) in [6.45, 7) is 0.339. The van der Waals surface area contributed by atoms with Gasteiger partial charge in [0.1, 0.15) is 5.92 Å². The average molecular weight is 398 g/mol. The van der Waals surface area contributed by atoms with Crippen LogP contribution in [-0.4, -0.2) is 41.7 Å². The summed E-state index contributed by atoms with van der Waals surface area (Å²) >= 11 is 0. The zero-order valence-electron chi connectivity index (χ0n) is 15.4. The van der Waals surface area contributed by atoms with Crippen LogP contribution < -0.4 is 15.5 Å². The summed E-state index contributed by atoms with van der Waals surface area (Å²) in [6.07, 6.45) is 1.16. The topological polar surface area (TPSA) is 143 Å². The highest BCUT2D eigenvalue weighted by Gasteiger charge is 2.40. The van der Waals surface area contributed by atoms with Gasteiger partial charge in [0.05, 0.1) is 18.2 Å². The third-order valence-electron chi connectivity index (χ3n) is 4.57. The predicted octanol–water partition coefficient (Wildman–Crippen LogP) is 1.29. The molecule has 1 aliphatic heterocycles. The van der Waals surface area contributed by atoms with Crippen molar-refractivity contribution >= 4 is 23.7 Å². The maximum Gasteiger partial charge on any atom is 0.315 e. The van der Waals surface area contributed by atoms with Gasteiger partial charge in [-0.1, -0.05) is 30.3 Å². The first-order valence-electron chi connectivity index (χ1n) is 8.63. The van der Waals surface area contributed by atoms with Gasteiger partial charge in [-0.25, -0.2) is 5.43 Å². The number of nitro benzene ring substituents is 1. The lowest BCUT2D eigenvalue weighted by atomic mass is 9.88. The monoisotopic (exact) mass is 398 g/mol. The van der Waals surface area contributed by atoms with Crippen molar-refractivity contribution in [1.82, 2.24) is 10.7 Å². The van der Waals surface area contributed by atoms with Crippen LogP contribution in [0.5, 0.6) is 11.5 Å². The van der Waals surface area contributed by atoms with Crippen LogP contribution in [-0.2, 0) is 9.59 Å². The number of hydrogen-bond donors (Lipinski definition) is 3. The molecule has 1 fully saturated rings. The normalized spacial score (nSPS) is 18.4. The predicted molar refractivity (Wildman–Crippen MR) is 103 cm³/mol. The van der Waals surface area contributed by atoms with E-state index in [1.807, 2.05) is 30.3 Å². The summed E-state index contributed by atoms with van der Waals surface area (Å²) in [4.78, 5) is 34.9. The van der Waals surface area contributed by atoms with Crippen molar-refractivity contribution in [3.05, 3.63) is 63.7 Å². The van der Waals surface area contributed by atoms with E-state index in [-0.39, 0.29) is 17.2 Å². The van der Waals surface area contributed by atoms with Gasteiger partial charge in [0.25, 0.3) is 5.91 Å². The van der Waals surface area contributed by atoms with Gasteiger partial charge in [0.15, 0.2) is 5.75 Å². The molecule has 0 unspecified atom stereocenters. The molecule has 0 aromatic heterocycles. The third-order valence-corrected chi connectivity index (χ3v) is 4.57. The van der Waals surface area contributed by atoms with Crippen LogP contribution in [0.25, 0.3) is 0 Å². The number of nitro groups is 1. The van der Waals surface area contributed by atoms with E-state index in [9.17, 15) is 24.8 Å². The third kappa shape index (κ3) is 4.15. The Balaban J connectivity index is 1.76. The molecular weight excluding hydrogens is 380 g/mol. The number of nitrogens with zero attached hydrogens (tertiary/aromatic N) is 2. The molecule has 1 aliphatic rings. The van der Waals surface area contributed by atoms with Crippen LogP contribution in [0.15, 0.2) is 47.6 Å². The van der Waals surface area contributed by atoms with Gasteiger partial charge in [0, 0.05) is 24.1 Å². The highest BCUT2D eigenvalue weighted by Crippen LogP contribution is 2.36. The van der Waals surface area contributed by atoms with E-state index in [4.69, 9.17) is 4.74 Å². The Morgan fingerprint density at radius 3 is 2.76 bits per heavy atom. The second-order valence-electron chi connectivity index (χ2n) is 6.32. The lowest BCUT2D eigenvalue weighted by Gasteiger charge is -2.15. The van der Waals surface area contributed by atoms with Gasteiger partial charge >= 0.3 is 5.69 Å². The zero-order chi connectivity index (χ0) is 21.0. The second kappa shape index (κ2) is 8.38. The number of carbonyl (C=O) groups is 2. The van der Waals surface area contributed by atoms with Gasteiger partial charge in [-0.3, -0.25) is 19.7 Å². The minimum Gasteiger partial charge on any atom is -0.500 e. The molecule has 0 bridgehead atoms. The lowest BCUT2D eigenvalue weighted by molar-refractivity contribution is -0.386. The largest absolute Gasteiger partial charge is 0.500 e. The number of ether oxygens (including phenoxy) is 1. The van der Waals surface area contributed by atoms with Crippen LogP contribution in [0.1, 0.15) is 17.0 Å². The minimum atomic E-state index is -0.946. The van der Waals surface area contributed by atoms with E-state index in [0.717, 1.165) is 17.8 Å². The quantitative estimate of drug-likeness (QED) is 0.290. The first-order chi connectivity index (χ1) is 13.9. The van der Waals surface area contributed by atoms with Gasteiger partial charge in [-0.05, 0) is 11.6 Å². The molecule has 0 radical (unpaired) electrons. The maximum absolute atomic E-state index is 12.5. The smallest absolute Gasteiger partial charge is 0.315 e. The van der Waals surface area contributed by atoms with Crippen molar-refractivity contribution in [2.75, 3.05) is 13.7 Å². The van der Waals surface area contributed by atoms with Crippen molar-refractivity contribution in [3.8, 4) is 11.5 Å². The van der Waals surface area contributed by atoms with E-state index < -0.39 is 34.1 Å². The number of phenols is 1. The van der Waals surface area contributed by atoms with Crippen LogP contribution in [0.3, 0.4) is 0 Å². The minimum absolute atomic E-state index is 0.105. The van der Waals surface area contributed by atoms with Crippen molar-refractivity contribution in [2.45, 2.75) is 5.92 Å². The number of phenolic OH excluding ortho intramolecular Hbond substituents is 1. The number of amides is 2. The van der Waals surface area contributed by atoms with Gasteiger partial charge in [0.2, 0.25) is 11.7 Å². The number of benzene rings is 2. The molecule has 10 nitrogen and oxygen atoms in total. The summed E-state index contributed by atoms with van der Waals surface area (Å²) in [5.41, 5.74) is 2.82. The maximum atomic E-state index is 12.5. The number of methoxy groups -OCH3 is 1. The van der Waals surface area contributed by atoms with Crippen LogP contribution >= 0.6 is 0 Å². The Hall–Kier alpha value is -3.95. The molecule has 2 aromatic rings. The summed E-state index contributed by atoms with van der Waals surface area (Å²) in [5, 5.41) is 27.3. The molecule has 2 aromatic carbocycles. The Bertz CT molecular complexity index is 976. The molecule has 10 heteroatoms. The van der Waals surface area contributed by atoms with Crippen LogP contribution in [0.2, 0.25) is 0 Å². The fraction of sp³-hybridized carbons (Fsp3) is 0.211. The van der Waals surface area contributed by atoms with E-state index >= 15 is 0 Å². The molecule has 3 N–H and O–H groups in total. The van der Waals surface area contributed by atoms with Crippen molar-refractivity contribution < 1.29 is 24.4 Å². The highest BCUT2D eigenvalue weighted by atomic mass is 16.6. The van der Waals surface area contributed by atoms with Crippen molar-refractivity contribution in [2.24, 2.45) is 11.0 Å². The molecule has 3 rings (SSSR count). The molecule has 1 heterocycles. The van der Waals surface area contributed by atoms with Crippen molar-refractivity contribution in [1.29, 1.82) is 0 Å². The summed E-state index contributed by atoms with van der Waals surface area (Å²) < 4.78 is 4.91. The number of hydrazone groups is 1. The van der Waals surface area contributed by atoms with Gasteiger partial charge < -0.3 is 15.2 Å². The average Bonchev–Trinajstić information content (AvgIpc) is 3.10. The molecule has 2 amide bonds. The Morgan fingerprint density at radius 2 is 2.10 bits per heavy atom. The van der Waals surface area contributed by atoms with E-state index in [1.54, 1.807) is 0 Å². The number of nitrogens with one attached hydrogen (secondary N) is 2. The highest BCUT2D eigenvalue weighted by molar-refractivity contribution is 6.03. The molecule has 150 valence electrons. The molecular formula is C19H18N4O6. The SMILES string of the molecule is COc1cc(C=NNC(=O)[C@H]2C(=O)NC[C@@H]2c2ccccc2)cc([N+](=O)[O-])c1O. The number of hydrogen-bond acceptors (Lipinski definition) is 7. The van der Waals surface area contributed by atoms with Crippen LogP contribution in [0.4, 0.5) is 5.69 Å². The molecule has 0 saturated carbocycles. The van der Waals surface area contributed by atoms with Gasteiger partial charge in [-0.15, -0.1) is 0 Å². The Kier molecular flexibility index (Phi) is 5.72. The molecule has 0 spiro atoms. The molecule has 2 atom stereocenters. The van der Waals surface area contributed by atoms with E-state index in [1.165, 1.54) is 13.2 Å². The lowest BCUT2D eigenvalue weighted by Crippen LogP contribution is -2.34.